The number of nitrogens with zero attached hydrogens (tertiary/aromatic N) is 2. The van der Waals surface area contributed by atoms with E-state index in [1.165, 1.54) is 23.6 Å². The highest BCUT2D eigenvalue weighted by Gasteiger charge is 2.40. The molecule has 1 saturated heterocycles. The van der Waals surface area contributed by atoms with Crippen molar-refractivity contribution < 1.29 is 13.2 Å². The first-order chi connectivity index (χ1) is 13.6. The van der Waals surface area contributed by atoms with E-state index in [-0.39, 0.29) is 35.7 Å². The van der Waals surface area contributed by atoms with Crippen molar-refractivity contribution in [3.8, 4) is 0 Å². The van der Waals surface area contributed by atoms with E-state index in [0.29, 0.717) is 12.0 Å². The summed E-state index contributed by atoms with van der Waals surface area (Å²) in [6.07, 6.45) is 4.34. The van der Waals surface area contributed by atoms with Crippen molar-refractivity contribution in [3.05, 3.63) is 65.7 Å². The van der Waals surface area contributed by atoms with E-state index in [9.17, 15) is 13.2 Å². The average Bonchev–Trinajstić information content (AvgIpc) is 2.73. The van der Waals surface area contributed by atoms with Crippen LogP contribution in [-0.4, -0.2) is 49.6 Å². The van der Waals surface area contributed by atoms with Gasteiger partial charge in [-0.25, -0.2) is 8.42 Å². The summed E-state index contributed by atoms with van der Waals surface area (Å²) in [5.41, 5.74) is 1.25. The van der Waals surface area contributed by atoms with E-state index < -0.39 is 10.0 Å². The van der Waals surface area contributed by atoms with Gasteiger partial charge in [-0.3, -0.25) is 4.79 Å². The summed E-state index contributed by atoms with van der Waals surface area (Å²) in [5.74, 6) is -0.135. The summed E-state index contributed by atoms with van der Waals surface area (Å²) in [7, 11) is -3.72. The summed E-state index contributed by atoms with van der Waals surface area (Å²) in [5, 5.41) is 0. The highest BCUT2D eigenvalue weighted by atomic mass is 35.5. The number of fused-ring (bicyclic) bond motifs is 1. The standard InChI is InChI=1S/C22H26N2O3S.ClH/c25-21-17-24(28(26,27)22-12-6-5-11-19(21)22)20(18-9-3-1-4-10-18)13-16-23-14-7-2-8-15-23;/h1,3-6,9-12,20H,2,7-8,13-17H2;1H. The van der Waals surface area contributed by atoms with E-state index >= 15 is 0 Å². The fourth-order valence-electron chi connectivity index (χ4n) is 4.28. The maximum Gasteiger partial charge on any atom is 0.244 e. The molecule has 2 aliphatic heterocycles. The van der Waals surface area contributed by atoms with Gasteiger partial charge in [0.25, 0.3) is 0 Å². The summed E-state index contributed by atoms with van der Waals surface area (Å²) in [6.45, 7) is 2.87. The molecule has 0 N–H and O–H groups in total. The summed E-state index contributed by atoms with van der Waals surface area (Å²) in [6, 6.07) is 15.9. The number of halogens is 1. The van der Waals surface area contributed by atoms with Crippen LogP contribution in [0.1, 0.15) is 47.6 Å². The monoisotopic (exact) mass is 434 g/mol. The Morgan fingerprint density at radius 2 is 1.55 bits per heavy atom. The zero-order valence-corrected chi connectivity index (χ0v) is 18.0. The van der Waals surface area contributed by atoms with Crippen molar-refractivity contribution >= 4 is 28.2 Å². The number of sulfonamides is 1. The lowest BCUT2D eigenvalue weighted by molar-refractivity contribution is 0.0933. The normalized spacial score (nSPS) is 20.5. The van der Waals surface area contributed by atoms with Crippen LogP contribution in [0.15, 0.2) is 59.5 Å². The topological polar surface area (TPSA) is 57.7 Å². The molecule has 0 spiro atoms. The Balaban J connectivity index is 0.00000240. The van der Waals surface area contributed by atoms with Crippen molar-refractivity contribution in [1.82, 2.24) is 9.21 Å². The van der Waals surface area contributed by atoms with Crippen molar-refractivity contribution in [2.45, 2.75) is 36.6 Å². The molecule has 29 heavy (non-hydrogen) atoms. The lowest BCUT2D eigenvalue weighted by Gasteiger charge is -2.36. The van der Waals surface area contributed by atoms with E-state index in [2.05, 4.69) is 4.90 Å². The molecule has 1 unspecified atom stereocenters. The number of piperidine rings is 1. The molecule has 0 radical (unpaired) electrons. The van der Waals surface area contributed by atoms with Crippen LogP contribution in [0.2, 0.25) is 0 Å². The van der Waals surface area contributed by atoms with Crippen LogP contribution in [0, 0.1) is 0 Å². The number of rotatable bonds is 5. The second-order valence-electron chi connectivity index (χ2n) is 7.59. The van der Waals surface area contributed by atoms with E-state index in [0.717, 1.165) is 25.2 Å². The summed E-state index contributed by atoms with van der Waals surface area (Å²) >= 11 is 0. The maximum absolute atomic E-state index is 13.4. The molecule has 2 aromatic carbocycles. The number of ketones is 1. The van der Waals surface area contributed by atoms with Crippen LogP contribution < -0.4 is 0 Å². The molecule has 0 amide bonds. The highest BCUT2D eigenvalue weighted by Crippen LogP contribution is 2.35. The Hall–Kier alpha value is -1.73. The van der Waals surface area contributed by atoms with E-state index in [1.807, 2.05) is 30.3 Å². The number of hydrogen-bond donors (Lipinski definition) is 0. The minimum absolute atomic E-state index is 0. The number of carbonyl (C=O) groups excluding carboxylic acids is 1. The van der Waals surface area contributed by atoms with Crippen LogP contribution in [-0.2, 0) is 10.0 Å². The SMILES string of the molecule is Cl.O=C1CN(C(CCN2CCCCC2)c2ccccc2)S(=O)(=O)c2ccccc21. The average molecular weight is 435 g/mol. The van der Waals surface area contributed by atoms with Crippen LogP contribution in [0.25, 0.3) is 0 Å². The lowest BCUT2D eigenvalue weighted by Crippen LogP contribution is -2.44. The summed E-state index contributed by atoms with van der Waals surface area (Å²) in [4.78, 5) is 15.2. The molecule has 4 rings (SSSR count). The smallest absolute Gasteiger partial charge is 0.244 e. The Bertz CT molecular complexity index is 944. The highest BCUT2D eigenvalue weighted by molar-refractivity contribution is 7.89. The van der Waals surface area contributed by atoms with Gasteiger partial charge in [0.1, 0.15) is 0 Å². The third-order valence-corrected chi connectivity index (χ3v) is 7.69. The summed E-state index contributed by atoms with van der Waals surface area (Å²) < 4.78 is 28.2. The molecule has 156 valence electrons. The van der Waals surface area contributed by atoms with Crippen LogP contribution in [0.5, 0.6) is 0 Å². The Labute approximate surface area is 179 Å². The van der Waals surface area contributed by atoms with Crippen LogP contribution in [0.3, 0.4) is 0 Å². The molecule has 0 saturated carbocycles. The maximum atomic E-state index is 13.4. The fraction of sp³-hybridized carbons (Fsp3) is 0.409. The first-order valence-corrected chi connectivity index (χ1v) is 11.4. The van der Waals surface area contributed by atoms with Gasteiger partial charge in [0.2, 0.25) is 10.0 Å². The number of hydrogen-bond acceptors (Lipinski definition) is 4. The number of Topliss-reactive ketones (excluding diaryl/α,β-unsaturated/α-hetero) is 1. The molecule has 0 bridgehead atoms. The first-order valence-electron chi connectivity index (χ1n) is 9.99. The van der Waals surface area contributed by atoms with Gasteiger partial charge >= 0.3 is 0 Å². The van der Waals surface area contributed by atoms with Crippen molar-refractivity contribution in [3.63, 3.8) is 0 Å². The predicted octanol–water partition coefficient (Wildman–Crippen LogP) is 3.91. The van der Waals surface area contributed by atoms with Gasteiger partial charge in [0.05, 0.1) is 17.5 Å². The van der Waals surface area contributed by atoms with Crippen molar-refractivity contribution in [2.75, 3.05) is 26.2 Å². The Morgan fingerprint density at radius 1 is 0.897 bits per heavy atom. The molecule has 0 aliphatic carbocycles. The minimum atomic E-state index is -3.72. The molecular weight excluding hydrogens is 408 g/mol. The van der Waals surface area contributed by atoms with Gasteiger partial charge in [-0.2, -0.15) is 4.31 Å². The third-order valence-electron chi connectivity index (χ3n) is 5.77. The number of likely N-dealkylation sites (tertiary alicyclic amines) is 1. The third kappa shape index (κ3) is 4.56. The zero-order valence-electron chi connectivity index (χ0n) is 16.4. The molecule has 7 heteroatoms. The second kappa shape index (κ2) is 9.39. The molecule has 5 nitrogen and oxygen atoms in total. The van der Waals surface area contributed by atoms with Gasteiger partial charge in [-0.05, 0) is 56.6 Å². The number of carbonyl (C=O) groups is 1. The molecule has 2 aromatic rings. The molecular formula is C22H27ClN2O3S. The lowest BCUT2D eigenvalue weighted by atomic mass is 10.0. The van der Waals surface area contributed by atoms with E-state index in [1.54, 1.807) is 24.3 Å². The molecule has 1 fully saturated rings. The van der Waals surface area contributed by atoms with Crippen molar-refractivity contribution in [1.29, 1.82) is 0 Å². The minimum Gasteiger partial charge on any atom is -0.303 e. The fourth-order valence-corrected chi connectivity index (χ4v) is 6.09. The quantitative estimate of drug-likeness (QED) is 0.715. The number of benzene rings is 2. The Kier molecular flexibility index (Phi) is 7.11. The van der Waals surface area contributed by atoms with Crippen LogP contribution in [0.4, 0.5) is 0 Å². The van der Waals surface area contributed by atoms with Crippen LogP contribution >= 0.6 is 12.4 Å². The molecule has 0 aromatic heterocycles. The second-order valence-corrected chi connectivity index (χ2v) is 9.45. The van der Waals surface area contributed by atoms with Gasteiger partial charge in [-0.1, -0.05) is 48.9 Å². The van der Waals surface area contributed by atoms with E-state index in [4.69, 9.17) is 0 Å². The Morgan fingerprint density at radius 3 is 2.28 bits per heavy atom. The zero-order chi connectivity index (χ0) is 19.6. The van der Waals surface area contributed by atoms with Gasteiger partial charge in [-0.15, -0.1) is 12.4 Å². The predicted molar refractivity (Wildman–Crippen MR) is 116 cm³/mol. The van der Waals surface area contributed by atoms with Crippen molar-refractivity contribution in [2.24, 2.45) is 0 Å². The largest absolute Gasteiger partial charge is 0.303 e. The van der Waals surface area contributed by atoms with Gasteiger partial charge < -0.3 is 4.90 Å². The van der Waals surface area contributed by atoms with Gasteiger partial charge in [0, 0.05) is 5.56 Å². The first kappa shape index (κ1) is 22.0. The molecule has 2 aliphatic rings. The molecule has 2 heterocycles. The van der Waals surface area contributed by atoms with Gasteiger partial charge in [0.15, 0.2) is 5.78 Å². The molecule has 1 atom stereocenters.